The van der Waals surface area contributed by atoms with Crippen molar-refractivity contribution in [3.8, 4) is 11.5 Å². The zero-order chi connectivity index (χ0) is 19.6. The number of benzene rings is 1. The number of phenols is 2. The minimum absolute atomic E-state index is 0.163. The van der Waals surface area contributed by atoms with Gasteiger partial charge in [0.05, 0.1) is 12.4 Å². The van der Waals surface area contributed by atoms with E-state index in [4.69, 9.17) is 0 Å². The molecule has 2 heterocycles. The molecule has 0 aliphatic carbocycles. The van der Waals surface area contributed by atoms with E-state index in [-0.39, 0.29) is 17.5 Å². The number of hydrogen-bond acceptors (Lipinski definition) is 8. The quantitative estimate of drug-likeness (QED) is 0.399. The standard InChI is InChI=1S/C18H24N6O3/c1-10(2)24-9-21-15-16(19-8-12-4-5-13(26)14(27)6-12)22-18(23-17(15)24)20-7-11(3)25/h4-6,9-11,25-27H,7-8H2,1-3H3,(H2,19,20,22,23). The molecule has 1 atom stereocenters. The van der Waals surface area contributed by atoms with E-state index in [9.17, 15) is 15.3 Å². The van der Waals surface area contributed by atoms with Crippen LogP contribution in [0.4, 0.5) is 11.8 Å². The van der Waals surface area contributed by atoms with E-state index < -0.39 is 6.10 Å². The summed E-state index contributed by atoms with van der Waals surface area (Å²) in [6, 6.07) is 4.81. The largest absolute Gasteiger partial charge is 0.504 e. The van der Waals surface area contributed by atoms with Gasteiger partial charge in [0.25, 0.3) is 0 Å². The van der Waals surface area contributed by atoms with Crippen molar-refractivity contribution in [2.24, 2.45) is 0 Å². The highest BCUT2D eigenvalue weighted by atomic mass is 16.3. The number of rotatable bonds is 7. The van der Waals surface area contributed by atoms with Crippen LogP contribution in [0.15, 0.2) is 24.5 Å². The number of anilines is 2. The third-order valence-corrected chi connectivity index (χ3v) is 4.03. The molecule has 0 saturated heterocycles. The van der Waals surface area contributed by atoms with Crippen molar-refractivity contribution in [1.82, 2.24) is 19.5 Å². The van der Waals surface area contributed by atoms with Crippen LogP contribution in [0.3, 0.4) is 0 Å². The summed E-state index contributed by atoms with van der Waals surface area (Å²) in [7, 11) is 0. The van der Waals surface area contributed by atoms with Gasteiger partial charge in [-0.3, -0.25) is 0 Å². The second-order valence-electron chi connectivity index (χ2n) is 6.72. The smallest absolute Gasteiger partial charge is 0.226 e. The van der Waals surface area contributed by atoms with Crippen LogP contribution in [0.25, 0.3) is 11.2 Å². The molecule has 27 heavy (non-hydrogen) atoms. The lowest BCUT2D eigenvalue weighted by Crippen LogP contribution is -2.17. The van der Waals surface area contributed by atoms with Crippen molar-refractivity contribution < 1.29 is 15.3 Å². The van der Waals surface area contributed by atoms with Crippen molar-refractivity contribution in [2.45, 2.75) is 39.5 Å². The summed E-state index contributed by atoms with van der Waals surface area (Å²) in [5.74, 6) is 0.593. The second-order valence-corrected chi connectivity index (χ2v) is 6.72. The van der Waals surface area contributed by atoms with Gasteiger partial charge in [0.15, 0.2) is 28.5 Å². The maximum Gasteiger partial charge on any atom is 0.226 e. The maximum atomic E-state index is 9.65. The summed E-state index contributed by atoms with van der Waals surface area (Å²) in [5, 5.41) is 34.8. The highest BCUT2D eigenvalue weighted by Gasteiger charge is 2.15. The van der Waals surface area contributed by atoms with E-state index in [0.29, 0.717) is 36.0 Å². The Morgan fingerprint density at radius 3 is 2.52 bits per heavy atom. The number of fused-ring (bicyclic) bond motifs is 1. The molecule has 5 N–H and O–H groups in total. The molecule has 0 bridgehead atoms. The molecular weight excluding hydrogens is 348 g/mol. The first-order chi connectivity index (χ1) is 12.8. The normalized spacial score (nSPS) is 12.5. The highest BCUT2D eigenvalue weighted by molar-refractivity contribution is 5.84. The Morgan fingerprint density at radius 1 is 1.07 bits per heavy atom. The van der Waals surface area contributed by atoms with Gasteiger partial charge >= 0.3 is 0 Å². The number of aromatic nitrogens is 4. The van der Waals surface area contributed by atoms with Crippen LogP contribution in [-0.2, 0) is 6.54 Å². The Balaban J connectivity index is 1.92. The molecule has 0 saturated carbocycles. The van der Waals surface area contributed by atoms with E-state index in [1.54, 1.807) is 19.3 Å². The highest BCUT2D eigenvalue weighted by Crippen LogP contribution is 2.27. The maximum absolute atomic E-state index is 9.65. The SMILES string of the molecule is CC(O)CNc1nc(NCc2ccc(O)c(O)c2)c2ncn(C(C)C)c2n1. The van der Waals surface area contributed by atoms with Crippen LogP contribution in [-0.4, -0.2) is 47.5 Å². The van der Waals surface area contributed by atoms with E-state index in [2.05, 4.69) is 25.6 Å². The Morgan fingerprint density at radius 2 is 1.85 bits per heavy atom. The second kappa shape index (κ2) is 7.67. The number of phenolic OH excluding ortho intramolecular Hbond substituents is 2. The fourth-order valence-electron chi connectivity index (χ4n) is 2.60. The van der Waals surface area contributed by atoms with Gasteiger partial charge in [-0.25, -0.2) is 4.98 Å². The molecule has 0 fully saturated rings. The van der Waals surface area contributed by atoms with E-state index >= 15 is 0 Å². The Bertz CT molecular complexity index is 938. The summed E-state index contributed by atoms with van der Waals surface area (Å²) in [6.07, 6.45) is 1.19. The van der Waals surface area contributed by atoms with Crippen molar-refractivity contribution in [3.63, 3.8) is 0 Å². The molecule has 0 radical (unpaired) electrons. The minimum atomic E-state index is -0.532. The lowest BCUT2D eigenvalue weighted by Gasteiger charge is -2.13. The molecule has 1 aromatic carbocycles. The van der Waals surface area contributed by atoms with Gasteiger partial charge in [0.2, 0.25) is 5.95 Å². The van der Waals surface area contributed by atoms with E-state index in [0.717, 1.165) is 5.56 Å². The average molecular weight is 372 g/mol. The van der Waals surface area contributed by atoms with Crippen LogP contribution in [0.5, 0.6) is 11.5 Å². The number of hydrogen-bond donors (Lipinski definition) is 5. The summed E-state index contributed by atoms with van der Waals surface area (Å²) < 4.78 is 1.95. The molecule has 0 aliphatic heterocycles. The lowest BCUT2D eigenvalue weighted by atomic mass is 10.2. The van der Waals surface area contributed by atoms with Gasteiger partial charge in [-0.05, 0) is 38.5 Å². The average Bonchev–Trinajstić information content (AvgIpc) is 3.05. The van der Waals surface area contributed by atoms with Gasteiger partial charge in [0, 0.05) is 19.1 Å². The Kier molecular flexibility index (Phi) is 5.31. The lowest BCUT2D eigenvalue weighted by molar-refractivity contribution is 0.208. The molecule has 144 valence electrons. The van der Waals surface area contributed by atoms with E-state index in [1.807, 2.05) is 18.4 Å². The Labute approximate surface area is 156 Å². The monoisotopic (exact) mass is 372 g/mol. The van der Waals surface area contributed by atoms with Crippen LogP contribution in [0, 0.1) is 0 Å². The summed E-state index contributed by atoms with van der Waals surface area (Å²) in [6.45, 7) is 6.47. The number of aliphatic hydroxyl groups excluding tert-OH is 1. The molecule has 0 spiro atoms. The number of nitrogens with zero attached hydrogens (tertiary/aromatic N) is 4. The van der Waals surface area contributed by atoms with Gasteiger partial charge in [0.1, 0.15) is 0 Å². The van der Waals surface area contributed by atoms with Crippen LogP contribution < -0.4 is 10.6 Å². The third-order valence-electron chi connectivity index (χ3n) is 4.03. The molecular formula is C18H24N6O3. The molecule has 0 aliphatic rings. The topological polar surface area (TPSA) is 128 Å². The van der Waals surface area contributed by atoms with Crippen molar-refractivity contribution in [3.05, 3.63) is 30.1 Å². The zero-order valence-corrected chi connectivity index (χ0v) is 15.5. The predicted octanol–water partition coefficient (Wildman–Crippen LogP) is 2.22. The molecule has 0 amide bonds. The van der Waals surface area contributed by atoms with Gasteiger partial charge in [-0.15, -0.1) is 0 Å². The van der Waals surface area contributed by atoms with Gasteiger partial charge in [-0.1, -0.05) is 6.07 Å². The summed E-state index contributed by atoms with van der Waals surface area (Å²) in [4.78, 5) is 13.4. The zero-order valence-electron chi connectivity index (χ0n) is 15.5. The van der Waals surface area contributed by atoms with Crippen LogP contribution in [0.1, 0.15) is 32.4 Å². The fourth-order valence-corrected chi connectivity index (χ4v) is 2.60. The molecule has 3 rings (SSSR count). The predicted molar refractivity (Wildman–Crippen MR) is 103 cm³/mol. The number of imidazole rings is 1. The molecule has 2 aromatic heterocycles. The van der Waals surface area contributed by atoms with Gasteiger partial charge in [-0.2, -0.15) is 9.97 Å². The first kappa shape index (κ1) is 18.7. The molecule has 1 unspecified atom stereocenters. The first-order valence-electron chi connectivity index (χ1n) is 8.76. The van der Waals surface area contributed by atoms with Crippen LogP contribution >= 0.6 is 0 Å². The Hall–Kier alpha value is -3.07. The molecule has 9 nitrogen and oxygen atoms in total. The fraction of sp³-hybridized carbons (Fsp3) is 0.389. The molecule has 3 aromatic rings. The van der Waals surface area contributed by atoms with Crippen molar-refractivity contribution >= 4 is 22.9 Å². The van der Waals surface area contributed by atoms with Crippen LogP contribution in [0.2, 0.25) is 0 Å². The van der Waals surface area contributed by atoms with Crippen molar-refractivity contribution in [2.75, 3.05) is 17.2 Å². The van der Waals surface area contributed by atoms with Gasteiger partial charge < -0.3 is 30.5 Å². The summed E-state index contributed by atoms with van der Waals surface area (Å²) >= 11 is 0. The molecule has 9 heteroatoms. The third kappa shape index (κ3) is 4.20. The minimum Gasteiger partial charge on any atom is -0.504 e. The number of nitrogens with one attached hydrogen (secondary N) is 2. The van der Waals surface area contributed by atoms with Crippen molar-refractivity contribution in [1.29, 1.82) is 0 Å². The summed E-state index contributed by atoms with van der Waals surface area (Å²) in [5.41, 5.74) is 2.09. The number of aromatic hydroxyl groups is 2. The van der Waals surface area contributed by atoms with E-state index in [1.165, 1.54) is 12.1 Å². The number of aliphatic hydroxyl groups is 1. The first-order valence-corrected chi connectivity index (χ1v) is 8.76.